The van der Waals surface area contributed by atoms with Gasteiger partial charge in [-0.1, -0.05) is 12.1 Å². The van der Waals surface area contributed by atoms with Gasteiger partial charge >= 0.3 is 0 Å². The highest BCUT2D eigenvalue weighted by Gasteiger charge is 2.14. The van der Waals surface area contributed by atoms with Crippen LogP contribution in [0.3, 0.4) is 0 Å². The summed E-state index contributed by atoms with van der Waals surface area (Å²) < 4.78 is 13.2. The van der Waals surface area contributed by atoms with Crippen LogP contribution in [0.5, 0.6) is 0 Å². The van der Waals surface area contributed by atoms with Gasteiger partial charge in [-0.15, -0.1) is 11.8 Å². The molecule has 0 saturated carbocycles. The number of benzene rings is 2. The molecule has 2 rings (SSSR count). The van der Waals surface area contributed by atoms with E-state index in [1.54, 1.807) is 11.8 Å². The number of hydrogen-bond acceptors (Lipinski definition) is 3. The Morgan fingerprint density at radius 2 is 1.90 bits per heavy atom. The lowest BCUT2D eigenvalue weighted by atomic mass is 10.1. The Labute approximate surface area is 127 Å². The summed E-state index contributed by atoms with van der Waals surface area (Å²) in [4.78, 5) is 13.3. The van der Waals surface area contributed by atoms with E-state index in [2.05, 4.69) is 5.32 Å². The molecular formula is C16H17FN2OS. The number of nitrogens with two attached hydrogens (primary N) is 1. The zero-order valence-electron chi connectivity index (χ0n) is 11.9. The van der Waals surface area contributed by atoms with Crippen LogP contribution in [0.4, 0.5) is 10.1 Å². The average molecular weight is 304 g/mol. The zero-order valence-corrected chi connectivity index (χ0v) is 12.7. The molecule has 1 atom stereocenters. The first kappa shape index (κ1) is 15.4. The molecule has 0 spiro atoms. The van der Waals surface area contributed by atoms with Crippen molar-refractivity contribution >= 4 is 23.4 Å². The highest BCUT2D eigenvalue weighted by Crippen LogP contribution is 2.20. The van der Waals surface area contributed by atoms with Crippen molar-refractivity contribution in [2.45, 2.75) is 17.9 Å². The predicted octanol–water partition coefficient (Wildman–Crippen LogP) is 3.62. The molecule has 3 nitrogen and oxygen atoms in total. The molecule has 0 aliphatic heterocycles. The number of halogens is 1. The fourth-order valence-corrected chi connectivity index (χ4v) is 2.38. The monoisotopic (exact) mass is 304 g/mol. The van der Waals surface area contributed by atoms with E-state index < -0.39 is 5.82 Å². The molecule has 5 heteroatoms. The molecule has 0 aliphatic carbocycles. The van der Waals surface area contributed by atoms with E-state index in [-0.39, 0.29) is 23.2 Å². The summed E-state index contributed by atoms with van der Waals surface area (Å²) in [5.41, 5.74) is 7.11. The summed E-state index contributed by atoms with van der Waals surface area (Å²) in [5.74, 6) is -0.861. The van der Waals surface area contributed by atoms with Crippen molar-refractivity contribution in [1.82, 2.24) is 5.32 Å². The third kappa shape index (κ3) is 3.76. The molecule has 0 saturated heterocycles. The number of carbonyl (C=O) groups excluding carboxylic acids is 1. The lowest BCUT2D eigenvalue weighted by Crippen LogP contribution is -2.27. The Balaban J connectivity index is 2.12. The second-order valence-corrected chi connectivity index (χ2v) is 5.58. The van der Waals surface area contributed by atoms with Gasteiger partial charge in [-0.3, -0.25) is 4.79 Å². The minimum absolute atomic E-state index is 0.155. The highest BCUT2D eigenvalue weighted by molar-refractivity contribution is 7.98. The molecule has 110 valence electrons. The summed E-state index contributed by atoms with van der Waals surface area (Å²) in [7, 11) is 0. The van der Waals surface area contributed by atoms with E-state index in [0.29, 0.717) is 0 Å². The van der Waals surface area contributed by atoms with Crippen molar-refractivity contribution in [3.8, 4) is 0 Å². The maximum absolute atomic E-state index is 13.2. The van der Waals surface area contributed by atoms with Gasteiger partial charge in [-0.2, -0.15) is 0 Å². The van der Waals surface area contributed by atoms with E-state index >= 15 is 0 Å². The molecular weight excluding hydrogens is 287 g/mol. The third-order valence-electron chi connectivity index (χ3n) is 3.22. The quantitative estimate of drug-likeness (QED) is 0.670. The minimum Gasteiger partial charge on any atom is -0.398 e. The van der Waals surface area contributed by atoms with Crippen LogP contribution in [-0.4, -0.2) is 12.2 Å². The summed E-state index contributed by atoms with van der Waals surface area (Å²) in [6, 6.07) is 11.5. The van der Waals surface area contributed by atoms with Gasteiger partial charge in [0.2, 0.25) is 0 Å². The molecule has 0 aliphatic rings. The predicted molar refractivity (Wildman–Crippen MR) is 84.9 cm³/mol. The van der Waals surface area contributed by atoms with E-state index in [1.165, 1.54) is 12.1 Å². The maximum Gasteiger partial charge on any atom is 0.253 e. The van der Waals surface area contributed by atoms with Crippen LogP contribution in [-0.2, 0) is 0 Å². The van der Waals surface area contributed by atoms with E-state index in [4.69, 9.17) is 5.73 Å². The number of nitrogens with one attached hydrogen (secondary N) is 1. The zero-order chi connectivity index (χ0) is 15.4. The van der Waals surface area contributed by atoms with Gasteiger partial charge in [-0.05, 0) is 49.1 Å². The largest absolute Gasteiger partial charge is 0.398 e. The number of thioether (sulfide) groups is 1. The molecule has 21 heavy (non-hydrogen) atoms. The van der Waals surface area contributed by atoms with Gasteiger partial charge in [0.1, 0.15) is 5.82 Å². The van der Waals surface area contributed by atoms with E-state index in [0.717, 1.165) is 16.5 Å². The van der Waals surface area contributed by atoms with E-state index in [9.17, 15) is 9.18 Å². The molecule has 0 radical (unpaired) electrons. The van der Waals surface area contributed by atoms with Gasteiger partial charge in [0.05, 0.1) is 11.6 Å². The summed E-state index contributed by atoms with van der Waals surface area (Å²) >= 11 is 1.66. The van der Waals surface area contributed by atoms with Crippen molar-refractivity contribution in [2.24, 2.45) is 0 Å². The average Bonchev–Trinajstić information content (AvgIpc) is 2.49. The van der Waals surface area contributed by atoms with Crippen molar-refractivity contribution in [1.29, 1.82) is 0 Å². The topological polar surface area (TPSA) is 55.1 Å². The highest BCUT2D eigenvalue weighted by atomic mass is 32.2. The number of carbonyl (C=O) groups is 1. The molecule has 0 heterocycles. The van der Waals surface area contributed by atoms with Crippen molar-refractivity contribution in [3.05, 3.63) is 59.4 Å². The first-order valence-electron chi connectivity index (χ1n) is 6.51. The Morgan fingerprint density at radius 1 is 1.24 bits per heavy atom. The Bertz CT molecular complexity index is 643. The SMILES string of the molecule is CSc1ccc(C(C)NC(=O)c2cc(F)ccc2N)cc1. The lowest BCUT2D eigenvalue weighted by Gasteiger charge is -2.15. The molecule has 0 aromatic heterocycles. The van der Waals surface area contributed by atoms with Crippen LogP contribution in [0.25, 0.3) is 0 Å². The van der Waals surface area contributed by atoms with Crippen molar-refractivity contribution in [2.75, 3.05) is 12.0 Å². The second kappa shape index (κ2) is 6.63. The number of rotatable bonds is 4. The third-order valence-corrected chi connectivity index (χ3v) is 3.97. The molecule has 1 unspecified atom stereocenters. The standard InChI is InChI=1S/C16H17FN2OS/c1-10(11-3-6-13(21-2)7-4-11)19-16(20)14-9-12(17)5-8-15(14)18/h3-10H,18H2,1-2H3,(H,19,20). The van der Waals surface area contributed by atoms with Gasteiger partial charge < -0.3 is 11.1 Å². The van der Waals surface area contributed by atoms with Crippen LogP contribution in [0.15, 0.2) is 47.4 Å². The molecule has 0 fully saturated rings. The molecule has 0 bridgehead atoms. The van der Waals surface area contributed by atoms with Gasteiger partial charge in [-0.25, -0.2) is 4.39 Å². The first-order valence-corrected chi connectivity index (χ1v) is 7.73. The number of hydrogen-bond donors (Lipinski definition) is 2. The Morgan fingerprint density at radius 3 is 2.52 bits per heavy atom. The van der Waals surface area contributed by atoms with Crippen LogP contribution in [0.2, 0.25) is 0 Å². The smallest absolute Gasteiger partial charge is 0.253 e. The Hall–Kier alpha value is -2.01. The van der Waals surface area contributed by atoms with Crippen LogP contribution in [0.1, 0.15) is 28.9 Å². The van der Waals surface area contributed by atoms with Crippen LogP contribution in [0, 0.1) is 5.82 Å². The summed E-state index contributed by atoms with van der Waals surface area (Å²) in [6.45, 7) is 1.88. The van der Waals surface area contributed by atoms with Gasteiger partial charge in [0.15, 0.2) is 0 Å². The van der Waals surface area contributed by atoms with Crippen molar-refractivity contribution in [3.63, 3.8) is 0 Å². The first-order chi connectivity index (χ1) is 10.0. The minimum atomic E-state index is -0.480. The van der Waals surface area contributed by atoms with Crippen molar-refractivity contribution < 1.29 is 9.18 Å². The van der Waals surface area contributed by atoms with E-state index in [1.807, 2.05) is 37.4 Å². The van der Waals surface area contributed by atoms with Crippen LogP contribution < -0.4 is 11.1 Å². The molecule has 3 N–H and O–H groups in total. The maximum atomic E-state index is 13.2. The second-order valence-electron chi connectivity index (χ2n) is 4.70. The molecule has 2 aromatic carbocycles. The fraction of sp³-hybridized carbons (Fsp3) is 0.188. The number of nitrogen functional groups attached to an aromatic ring is 1. The lowest BCUT2D eigenvalue weighted by molar-refractivity contribution is 0.0940. The molecule has 2 aromatic rings. The normalized spacial score (nSPS) is 12.0. The number of amides is 1. The summed E-state index contributed by atoms with van der Waals surface area (Å²) in [6.07, 6.45) is 2.01. The summed E-state index contributed by atoms with van der Waals surface area (Å²) in [5, 5.41) is 2.83. The van der Waals surface area contributed by atoms with Gasteiger partial charge in [0, 0.05) is 10.6 Å². The number of anilines is 1. The molecule has 1 amide bonds. The fourth-order valence-electron chi connectivity index (χ4n) is 1.98. The van der Waals surface area contributed by atoms with Gasteiger partial charge in [0.25, 0.3) is 5.91 Å². The van der Waals surface area contributed by atoms with Crippen LogP contribution >= 0.6 is 11.8 Å². The Kier molecular flexibility index (Phi) is 4.85.